The predicted molar refractivity (Wildman–Crippen MR) is 52.9 cm³/mol. The van der Waals surface area contributed by atoms with Gasteiger partial charge in [0.1, 0.15) is 6.10 Å². The zero-order valence-electron chi connectivity index (χ0n) is 8.72. The summed E-state index contributed by atoms with van der Waals surface area (Å²) in [7, 11) is -1.58. The van der Waals surface area contributed by atoms with Crippen molar-refractivity contribution in [2.45, 2.75) is 50.7 Å². The minimum absolute atomic E-state index is 0.144. The molecule has 0 aromatic heterocycles. The van der Waals surface area contributed by atoms with Gasteiger partial charge >= 0.3 is 0 Å². The molecule has 3 heteroatoms. The third-order valence-corrected chi connectivity index (χ3v) is 9.10. The van der Waals surface area contributed by atoms with Crippen LogP contribution in [0.5, 0.6) is 0 Å². The van der Waals surface area contributed by atoms with Gasteiger partial charge in [-0.05, 0) is 5.04 Å². The summed E-state index contributed by atoms with van der Waals surface area (Å²) in [5.41, 5.74) is -0.197. The van der Waals surface area contributed by atoms with Crippen LogP contribution in [0.25, 0.3) is 0 Å². The van der Waals surface area contributed by atoms with Crippen molar-refractivity contribution in [2.75, 3.05) is 6.61 Å². The van der Waals surface area contributed by atoms with Crippen molar-refractivity contribution in [3.63, 3.8) is 0 Å². The second-order valence-electron chi connectivity index (χ2n) is 5.29. The van der Waals surface area contributed by atoms with Crippen molar-refractivity contribution in [3.05, 3.63) is 0 Å². The van der Waals surface area contributed by atoms with Crippen molar-refractivity contribution in [3.8, 4) is 0 Å². The van der Waals surface area contributed by atoms with Crippen LogP contribution in [0.3, 0.4) is 0 Å². The molecular weight excluding hydrogens is 168 g/mol. The van der Waals surface area contributed by atoms with E-state index in [0.29, 0.717) is 0 Å². The molecule has 72 valence electrons. The molecule has 1 saturated heterocycles. The molecule has 0 amide bonds. The summed E-state index contributed by atoms with van der Waals surface area (Å²) in [5.74, 6) is 0. The molecule has 0 bridgehead atoms. The summed E-state index contributed by atoms with van der Waals surface area (Å²) in [4.78, 5) is 0. The van der Waals surface area contributed by atoms with Gasteiger partial charge in [0.2, 0.25) is 0 Å². The van der Waals surface area contributed by atoms with Crippen LogP contribution in [0, 0.1) is 0 Å². The fourth-order valence-corrected chi connectivity index (χ4v) is 3.16. The largest absolute Gasteiger partial charge is 0.394 e. The van der Waals surface area contributed by atoms with Gasteiger partial charge in [-0.3, -0.25) is 0 Å². The Bertz CT molecular complexity index is 168. The van der Waals surface area contributed by atoms with Crippen LogP contribution in [0.4, 0.5) is 0 Å². The molecule has 1 aliphatic heterocycles. The molecule has 0 spiro atoms. The zero-order valence-corrected chi connectivity index (χ0v) is 9.72. The maximum absolute atomic E-state index is 9.99. The summed E-state index contributed by atoms with van der Waals surface area (Å²) in [5, 5.41) is 10.2. The Kier molecular flexibility index (Phi) is 2.40. The minimum Gasteiger partial charge on any atom is -0.394 e. The summed E-state index contributed by atoms with van der Waals surface area (Å²) in [6.07, 6.45) is 0.144. The molecule has 1 N–H and O–H groups in total. The summed E-state index contributed by atoms with van der Waals surface area (Å²) in [6, 6.07) is 0. The highest BCUT2D eigenvalue weighted by Gasteiger charge is 2.48. The van der Waals surface area contributed by atoms with Crippen molar-refractivity contribution in [1.82, 2.24) is 0 Å². The molecule has 1 unspecified atom stereocenters. The third kappa shape index (κ3) is 1.73. The highest BCUT2D eigenvalue weighted by atomic mass is 28.3. The van der Waals surface area contributed by atoms with Gasteiger partial charge in [-0.2, -0.15) is 0 Å². The highest BCUT2D eigenvalue weighted by Crippen LogP contribution is 2.40. The average molecular weight is 188 g/mol. The number of aliphatic hydroxyl groups is 1. The number of hydrogen-bond acceptors (Lipinski definition) is 2. The summed E-state index contributed by atoms with van der Waals surface area (Å²) in [6.45, 7) is 11.9. The van der Waals surface area contributed by atoms with E-state index in [0.717, 1.165) is 6.61 Å². The Hall–Kier alpha value is 0.137. The monoisotopic (exact) mass is 188 g/mol. The first-order valence-corrected chi connectivity index (χ1v) is 7.64. The lowest BCUT2D eigenvalue weighted by Gasteiger charge is -2.40. The Balaban J connectivity index is 2.68. The number of ether oxygens (including phenoxy) is 1. The molecule has 1 rings (SSSR count). The quantitative estimate of drug-likeness (QED) is 0.529. The predicted octanol–water partition coefficient (Wildman–Crippen LogP) is 1.79. The van der Waals surface area contributed by atoms with E-state index >= 15 is 0 Å². The summed E-state index contributed by atoms with van der Waals surface area (Å²) < 4.78 is 5.14. The van der Waals surface area contributed by atoms with E-state index in [1.54, 1.807) is 0 Å². The Labute approximate surface area is 75.9 Å². The molecular formula is C9H20O2Si. The van der Waals surface area contributed by atoms with Crippen LogP contribution in [0.15, 0.2) is 0 Å². The number of aliphatic hydroxyl groups excluding tert-OH is 1. The second-order valence-corrected chi connectivity index (χ2v) is 10.8. The van der Waals surface area contributed by atoms with Gasteiger partial charge in [-0.15, -0.1) is 0 Å². The SMILES string of the molecule is CC(C)(C)[Si](C)(C)C(O)[C@H]1CO1. The van der Waals surface area contributed by atoms with Gasteiger partial charge in [0.25, 0.3) is 0 Å². The molecule has 2 nitrogen and oxygen atoms in total. The maximum atomic E-state index is 9.99. The first-order chi connectivity index (χ1) is 5.27. The number of epoxide rings is 1. The maximum Gasteiger partial charge on any atom is 0.104 e. The van der Waals surface area contributed by atoms with Gasteiger partial charge in [0.05, 0.1) is 20.4 Å². The number of hydrogen-bond donors (Lipinski definition) is 1. The topological polar surface area (TPSA) is 32.8 Å². The van der Waals surface area contributed by atoms with Crippen molar-refractivity contribution < 1.29 is 9.84 Å². The van der Waals surface area contributed by atoms with Crippen molar-refractivity contribution in [1.29, 1.82) is 0 Å². The molecule has 12 heavy (non-hydrogen) atoms. The summed E-state index contributed by atoms with van der Waals surface area (Å²) >= 11 is 0. The number of rotatable bonds is 2. The van der Waals surface area contributed by atoms with Gasteiger partial charge in [-0.1, -0.05) is 33.9 Å². The minimum atomic E-state index is -1.58. The molecule has 1 heterocycles. The van der Waals surface area contributed by atoms with Gasteiger partial charge < -0.3 is 9.84 Å². The van der Waals surface area contributed by atoms with Crippen LogP contribution in [0.2, 0.25) is 18.1 Å². The van der Waals surface area contributed by atoms with E-state index in [1.165, 1.54) is 0 Å². The van der Waals surface area contributed by atoms with Crippen LogP contribution in [0.1, 0.15) is 20.8 Å². The van der Waals surface area contributed by atoms with Crippen LogP contribution in [-0.2, 0) is 4.74 Å². The second kappa shape index (κ2) is 2.82. The fraction of sp³-hybridized carbons (Fsp3) is 1.00. The standard InChI is InChI=1S/C9H20O2Si/c1-9(2,3)12(4,5)8(10)7-6-11-7/h7-8,10H,6H2,1-5H3/t7-,8?/m1/s1. The van der Waals surface area contributed by atoms with Crippen LogP contribution >= 0.6 is 0 Å². The van der Waals surface area contributed by atoms with Crippen molar-refractivity contribution >= 4 is 8.07 Å². The molecule has 0 radical (unpaired) electrons. The molecule has 1 aliphatic rings. The van der Waals surface area contributed by atoms with Gasteiger partial charge in [0, 0.05) is 0 Å². The van der Waals surface area contributed by atoms with Gasteiger partial charge in [-0.25, -0.2) is 0 Å². The highest BCUT2D eigenvalue weighted by molar-refractivity contribution is 6.81. The molecule has 0 saturated carbocycles. The molecule has 1 fully saturated rings. The Morgan fingerprint density at radius 3 is 2.08 bits per heavy atom. The molecule has 0 aliphatic carbocycles. The van der Waals surface area contributed by atoms with Crippen molar-refractivity contribution in [2.24, 2.45) is 0 Å². The first-order valence-electron chi connectivity index (χ1n) is 4.56. The Morgan fingerprint density at radius 1 is 1.42 bits per heavy atom. The van der Waals surface area contributed by atoms with E-state index in [-0.39, 0.29) is 16.9 Å². The van der Waals surface area contributed by atoms with E-state index in [4.69, 9.17) is 4.74 Å². The van der Waals surface area contributed by atoms with E-state index in [9.17, 15) is 5.11 Å². The van der Waals surface area contributed by atoms with Crippen LogP contribution < -0.4 is 0 Å². The van der Waals surface area contributed by atoms with E-state index in [2.05, 4.69) is 33.9 Å². The third-order valence-electron chi connectivity index (χ3n) is 3.38. The van der Waals surface area contributed by atoms with Gasteiger partial charge in [0.15, 0.2) is 0 Å². The lowest BCUT2D eigenvalue weighted by Crippen LogP contribution is -2.52. The van der Waals surface area contributed by atoms with Crippen LogP contribution in [-0.4, -0.2) is 31.6 Å². The molecule has 0 aromatic carbocycles. The van der Waals surface area contributed by atoms with E-state index < -0.39 is 8.07 Å². The Morgan fingerprint density at radius 2 is 1.83 bits per heavy atom. The average Bonchev–Trinajstić information content (AvgIpc) is 2.64. The van der Waals surface area contributed by atoms with E-state index in [1.807, 2.05) is 0 Å². The molecule has 2 atom stereocenters. The smallest absolute Gasteiger partial charge is 0.104 e. The normalized spacial score (nSPS) is 27.0. The molecule has 0 aromatic rings. The lowest BCUT2D eigenvalue weighted by molar-refractivity contribution is 0.191. The fourth-order valence-electron chi connectivity index (χ4n) is 1.15. The zero-order chi connectivity index (χ0) is 9.57. The first kappa shape index (κ1) is 10.2. The lowest BCUT2D eigenvalue weighted by atomic mass is 10.2.